The van der Waals surface area contributed by atoms with Gasteiger partial charge in [0.25, 0.3) is 0 Å². The largest absolute Gasteiger partial charge is 0.456 e. The zero-order valence-electron chi connectivity index (χ0n) is 27.9. The lowest BCUT2D eigenvalue weighted by Gasteiger charge is -2.33. The first-order chi connectivity index (χ1) is 25.7. The normalized spacial score (nSPS) is 16.3. The van der Waals surface area contributed by atoms with Crippen molar-refractivity contribution in [2.75, 3.05) is 0 Å². The van der Waals surface area contributed by atoms with Gasteiger partial charge in [0, 0.05) is 33.3 Å². The van der Waals surface area contributed by atoms with E-state index in [-0.39, 0.29) is 12.3 Å². The molecular formula is C46H30N4O2. The standard InChI is InChI=1S/C46H30N4O2/c1-2-10-28-23-30(20-19-27(28)9-1)44-48-45(50-46(49-44)36-15-8-18-40-43(36)34-13-5-6-16-38(34)51-40)31-24-29-11-3-4-12-32(29)37(25-31)33-14-7-17-39-42(33)35-21-22-47-26-41(35)52-39/h1-26,44-45,48H,(H,49,50). The van der Waals surface area contributed by atoms with E-state index in [1.54, 1.807) is 6.20 Å². The quantitative estimate of drug-likeness (QED) is 0.195. The molecular weight excluding hydrogens is 641 g/mol. The van der Waals surface area contributed by atoms with Crippen molar-refractivity contribution < 1.29 is 8.83 Å². The van der Waals surface area contributed by atoms with Crippen LogP contribution in [0.25, 0.3) is 76.5 Å². The van der Waals surface area contributed by atoms with Crippen LogP contribution in [0.15, 0.2) is 172 Å². The number of nitrogens with one attached hydrogen (secondary N) is 2. The molecule has 11 rings (SSSR count). The number of rotatable bonds is 4. The van der Waals surface area contributed by atoms with Gasteiger partial charge >= 0.3 is 0 Å². The van der Waals surface area contributed by atoms with Crippen LogP contribution in [0.4, 0.5) is 0 Å². The van der Waals surface area contributed by atoms with E-state index in [1.807, 2.05) is 42.6 Å². The van der Waals surface area contributed by atoms with Crippen LogP contribution in [0.3, 0.4) is 0 Å². The SMILES string of the molecule is c1ccc2cc(C3NC(c4cccc5oc6ccccc6c45)=NC(c4cc(-c5cccc6oc7cnccc7c56)c5ccccc5c4)N3)ccc2c1. The average Bonchev–Trinajstić information content (AvgIpc) is 3.79. The summed E-state index contributed by atoms with van der Waals surface area (Å²) in [4.78, 5) is 9.79. The summed E-state index contributed by atoms with van der Waals surface area (Å²) in [5.41, 5.74) is 8.75. The van der Waals surface area contributed by atoms with E-state index in [4.69, 9.17) is 13.8 Å². The minimum atomic E-state index is -0.367. The molecule has 1 aliphatic rings. The number of hydrogen-bond acceptors (Lipinski definition) is 6. The Labute approximate surface area is 298 Å². The molecule has 7 aromatic carbocycles. The van der Waals surface area contributed by atoms with Crippen molar-refractivity contribution in [2.45, 2.75) is 12.3 Å². The molecule has 0 saturated carbocycles. The molecule has 246 valence electrons. The molecule has 6 nitrogen and oxygen atoms in total. The first-order valence-electron chi connectivity index (χ1n) is 17.5. The molecule has 52 heavy (non-hydrogen) atoms. The van der Waals surface area contributed by atoms with E-state index >= 15 is 0 Å². The van der Waals surface area contributed by atoms with Crippen molar-refractivity contribution in [3.05, 3.63) is 175 Å². The number of fused-ring (bicyclic) bond motifs is 8. The number of aromatic nitrogens is 1. The van der Waals surface area contributed by atoms with Crippen molar-refractivity contribution in [1.29, 1.82) is 0 Å². The second kappa shape index (κ2) is 11.4. The molecule has 0 saturated heterocycles. The highest BCUT2D eigenvalue weighted by molar-refractivity contribution is 6.18. The summed E-state index contributed by atoms with van der Waals surface area (Å²) in [7, 11) is 0. The minimum Gasteiger partial charge on any atom is -0.456 e. The molecule has 0 bridgehead atoms. The zero-order valence-corrected chi connectivity index (χ0v) is 27.9. The predicted molar refractivity (Wildman–Crippen MR) is 210 cm³/mol. The first-order valence-corrected chi connectivity index (χ1v) is 17.5. The average molecular weight is 671 g/mol. The number of amidine groups is 1. The molecule has 0 fully saturated rings. The van der Waals surface area contributed by atoms with Gasteiger partial charge in [-0.3, -0.25) is 10.3 Å². The number of benzene rings is 7. The summed E-state index contributed by atoms with van der Waals surface area (Å²) in [6, 6.07) is 51.1. The Bertz CT molecular complexity index is 3060. The molecule has 2 atom stereocenters. The number of furan rings is 2. The third kappa shape index (κ3) is 4.55. The van der Waals surface area contributed by atoms with Gasteiger partial charge in [0.1, 0.15) is 34.9 Å². The van der Waals surface area contributed by atoms with Gasteiger partial charge in [0.15, 0.2) is 5.58 Å². The van der Waals surface area contributed by atoms with Gasteiger partial charge in [0.05, 0.1) is 6.20 Å². The van der Waals surface area contributed by atoms with Crippen molar-refractivity contribution in [3.63, 3.8) is 0 Å². The summed E-state index contributed by atoms with van der Waals surface area (Å²) in [5, 5.41) is 16.6. The van der Waals surface area contributed by atoms with Gasteiger partial charge in [-0.2, -0.15) is 0 Å². The predicted octanol–water partition coefficient (Wildman–Crippen LogP) is 11.2. The van der Waals surface area contributed by atoms with Crippen LogP contribution >= 0.6 is 0 Å². The van der Waals surface area contributed by atoms with Gasteiger partial charge < -0.3 is 14.2 Å². The van der Waals surface area contributed by atoms with Crippen LogP contribution in [-0.2, 0) is 0 Å². The van der Waals surface area contributed by atoms with Crippen LogP contribution in [0.2, 0.25) is 0 Å². The second-order valence-corrected chi connectivity index (χ2v) is 13.4. The molecule has 4 heterocycles. The summed E-state index contributed by atoms with van der Waals surface area (Å²) in [6.07, 6.45) is 3.03. The maximum Gasteiger partial charge on any atom is 0.153 e. The lowest BCUT2D eigenvalue weighted by molar-refractivity contribution is 0.409. The van der Waals surface area contributed by atoms with E-state index in [1.165, 1.54) is 16.2 Å². The second-order valence-electron chi connectivity index (χ2n) is 13.4. The van der Waals surface area contributed by atoms with Crippen molar-refractivity contribution in [1.82, 2.24) is 15.6 Å². The highest BCUT2D eigenvalue weighted by Crippen LogP contribution is 2.41. The molecule has 1 aliphatic heterocycles. The van der Waals surface area contributed by atoms with Crippen molar-refractivity contribution in [3.8, 4) is 11.1 Å². The molecule has 0 amide bonds. The Morgan fingerprint density at radius 2 is 1.15 bits per heavy atom. The maximum atomic E-state index is 6.32. The fourth-order valence-electron chi connectivity index (χ4n) is 8.02. The monoisotopic (exact) mass is 670 g/mol. The molecule has 6 heteroatoms. The first kappa shape index (κ1) is 29.0. The van der Waals surface area contributed by atoms with Crippen molar-refractivity contribution in [2.24, 2.45) is 4.99 Å². The lowest BCUT2D eigenvalue weighted by Crippen LogP contribution is -2.45. The molecule has 0 radical (unpaired) electrons. The van der Waals surface area contributed by atoms with E-state index < -0.39 is 0 Å². The maximum absolute atomic E-state index is 6.32. The molecule has 10 aromatic rings. The van der Waals surface area contributed by atoms with E-state index in [0.29, 0.717) is 0 Å². The highest BCUT2D eigenvalue weighted by Gasteiger charge is 2.28. The van der Waals surface area contributed by atoms with Gasteiger partial charge in [0.2, 0.25) is 0 Å². The smallest absolute Gasteiger partial charge is 0.153 e. The third-order valence-corrected chi connectivity index (χ3v) is 10.4. The van der Waals surface area contributed by atoms with Crippen LogP contribution in [0, 0.1) is 0 Å². The van der Waals surface area contributed by atoms with Gasteiger partial charge in [-0.1, -0.05) is 103 Å². The number of pyridine rings is 1. The highest BCUT2D eigenvalue weighted by atomic mass is 16.3. The Kier molecular flexibility index (Phi) is 6.35. The molecule has 3 aromatic heterocycles. The summed E-state index contributed by atoms with van der Waals surface area (Å²) < 4.78 is 12.6. The van der Waals surface area contributed by atoms with Crippen LogP contribution in [0.5, 0.6) is 0 Å². The molecule has 2 unspecified atom stereocenters. The number of para-hydroxylation sites is 1. The van der Waals surface area contributed by atoms with E-state index in [0.717, 1.165) is 82.9 Å². The third-order valence-electron chi connectivity index (χ3n) is 10.4. The van der Waals surface area contributed by atoms with Gasteiger partial charge in [-0.15, -0.1) is 0 Å². The van der Waals surface area contributed by atoms with Crippen LogP contribution in [0.1, 0.15) is 29.0 Å². The Morgan fingerprint density at radius 3 is 2.04 bits per heavy atom. The number of nitrogens with zero attached hydrogens (tertiary/aromatic N) is 2. The van der Waals surface area contributed by atoms with Gasteiger partial charge in [-0.25, -0.2) is 4.99 Å². The Balaban J connectivity index is 1.14. The Hall–Kier alpha value is -6.76. The van der Waals surface area contributed by atoms with E-state index in [9.17, 15) is 0 Å². The summed E-state index contributed by atoms with van der Waals surface area (Å²) >= 11 is 0. The molecule has 0 spiro atoms. The van der Waals surface area contributed by atoms with E-state index in [2.05, 4.69) is 125 Å². The molecule has 0 aliphatic carbocycles. The van der Waals surface area contributed by atoms with Crippen molar-refractivity contribution >= 4 is 71.3 Å². The lowest BCUT2D eigenvalue weighted by atomic mass is 9.92. The summed E-state index contributed by atoms with van der Waals surface area (Å²) in [6.45, 7) is 0. The topological polar surface area (TPSA) is 75.6 Å². The number of aliphatic imine (C=N–C) groups is 1. The number of hydrogen-bond donors (Lipinski definition) is 2. The van der Waals surface area contributed by atoms with Crippen LogP contribution < -0.4 is 10.6 Å². The summed E-state index contributed by atoms with van der Waals surface area (Å²) in [5.74, 6) is 0.809. The van der Waals surface area contributed by atoms with Crippen LogP contribution in [-0.4, -0.2) is 10.8 Å². The Morgan fingerprint density at radius 1 is 0.481 bits per heavy atom. The zero-order chi connectivity index (χ0) is 34.2. The fraction of sp³-hybridized carbons (Fsp3) is 0.0435. The fourth-order valence-corrected chi connectivity index (χ4v) is 8.02. The minimum absolute atomic E-state index is 0.223. The molecule has 2 N–H and O–H groups in total. The van der Waals surface area contributed by atoms with Gasteiger partial charge in [-0.05, 0) is 86.3 Å².